The number of ether oxygens (including phenoxy) is 1. The van der Waals surface area contributed by atoms with Crippen LogP contribution in [0.2, 0.25) is 0 Å². The second-order valence-corrected chi connectivity index (χ2v) is 3.94. The number of alkyl halides is 1. The lowest BCUT2D eigenvalue weighted by molar-refractivity contribution is 0.191. The van der Waals surface area contributed by atoms with Crippen LogP contribution in [0.15, 0.2) is 0 Å². The Labute approximate surface area is 87.0 Å². The minimum atomic E-state index is 0.106. The first-order chi connectivity index (χ1) is 6.18. The molecule has 13 heavy (non-hydrogen) atoms. The number of hydrogen-bond acceptors (Lipinski definition) is 2. The van der Waals surface area contributed by atoms with E-state index >= 15 is 0 Å². The number of hydrogen-bond donors (Lipinski definition) is 1. The zero-order valence-corrected chi connectivity index (χ0v) is 9.78. The topological polar surface area (TPSA) is 21.3 Å². The van der Waals surface area contributed by atoms with Gasteiger partial charge in [0.25, 0.3) is 0 Å². The number of methoxy groups -OCH3 is 1. The van der Waals surface area contributed by atoms with E-state index in [1.54, 1.807) is 7.11 Å². The lowest BCUT2D eigenvalue weighted by Crippen LogP contribution is -2.44. The second-order valence-electron chi connectivity index (χ2n) is 3.67. The van der Waals surface area contributed by atoms with Crippen LogP contribution in [0.4, 0.5) is 0 Å². The molecule has 0 spiro atoms. The molecule has 0 radical (unpaired) electrons. The van der Waals surface area contributed by atoms with Crippen molar-refractivity contribution < 1.29 is 4.74 Å². The van der Waals surface area contributed by atoms with Crippen molar-refractivity contribution in [3.05, 3.63) is 0 Å². The fourth-order valence-corrected chi connectivity index (χ4v) is 1.31. The summed E-state index contributed by atoms with van der Waals surface area (Å²) < 4.78 is 4.97. The van der Waals surface area contributed by atoms with Crippen LogP contribution in [-0.2, 0) is 4.74 Å². The van der Waals surface area contributed by atoms with Crippen LogP contribution in [0, 0.1) is 0 Å². The zero-order valence-electron chi connectivity index (χ0n) is 9.03. The van der Waals surface area contributed by atoms with Crippen molar-refractivity contribution >= 4 is 11.6 Å². The van der Waals surface area contributed by atoms with E-state index in [0.717, 1.165) is 32.4 Å². The SMILES string of the molecule is CCC(C)(CCl)NCCCCOC. The predicted molar refractivity (Wildman–Crippen MR) is 58.5 cm³/mol. The molecule has 0 fully saturated rings. The van der Waals surface area contributed by atoms with Crippen LogP contribution in [0.3, 0.4) is 0 Å². The fourth-order valence-electron chi connectivity index (χ4n) is 1.03. The Morgan fingerprint density at radius 1 is 1.38 bits per heavy atom. The van der Waals surface area contributed by atoms with Gasteiger partial charge in [0.1, 0.15) is 0 Å². The van der Waals surface area contributed by atoms with Gasteiger partial charge in [-0.15, -0.1) is 11.6 Å². The van der Waals surface area contributed by atoms with E-state index in [1.807, 2.05) is 0 Å². The highest BCUT2D eigenvalue weighted by molar-refractivity contribution is 6.18. The summed E-state index contributed by atoms with van der Waals surface area (Å²) in [6.07, 6.45) is 3.34. The van der Waals surface area contributed by atoms with Gasteiger partial charge in [0, 0.05) is 25.1 Å². The van der Waals surface area contributed by atoms with E-state index in [0.29, 0.717) is 5.88 Å². The summed E-state index contributed by atoms with van der Waals surface area (Å²) in [5.74, 6) is 0.674. The quantitative estimate of drug-likeness (QED) is 0.488. The molecular formula is C10H22ClNO. The smallest absolute Gasteiger partial charge is 0.0462 e. The highest BCUT2D eigenvalue weighted by atomic mass is 35.5. The molecule has 1 N–H and O–H groups in total. The van der Waals surface area contributed by atoms with Crippen molar-refractivity contribution in [3.63, 3.8) is 0 Å². The Morgan fingerprint density at radius 2 is 2.08 bits per heavy atom. The molecule has 0 saturated heterocycles. The Balaban J connectivity index is 3.39. The highest BCUT2D eigenvalue weighted by Gasteiger charge is 2.18. The van der Waals surface area contributed by atoms with E-state index in [4.69, 9.17) is 16.3 Å². The third-order valence-electron chi connectivity index (χ3n) is 2.40. The molecule has 0 saturated carbocycles. The minimum absolute atomic E-state index is 0.106. The van der Waals surface area contributed by atoms with Gasteiger partial charge in [-0.05, 0) is 32.7 Å². The lowest BCUT2D eigenvalue weighted by Gasteiger charge is -2.27. The van der Waals surface area contributed by atoms with E-state index in [9.17, 15) is 0 Å². The van der Waals surface area contributed by atoms with Crippen molar-refractivity contribution in [2.45, 2.75) is 38.6 Å². The first-order valence-electron chi connectivity index (χ1n) is 4.98. The molecule has 0 aliphatic rings. The summed E-state index contributed by atoms with van der Waals surface area (Å²) in [5.41, 5.74) is 0.106. The van der Waals surface area contributed by atoms with Crippen LogP contribution >= 0.6 is 11.6 Å². The zero-order chi connectivity index (χ0) is 10.2. The summed E-state index contributed by atoms with van der Waals surface area (Å²) in [5, 5.41) is 3.47. The molecule has 0 aromatic rings. The molecule has 0 rings (SSSR count). The molecule has 3 heteroatoms. The number of rotatable bonds is 8. The minimum Gasteiger partial charge on any atom is -0.385 e. The van der Waals surface area contributed by atoms with Crippen LogP contribution in [0.5, 0.6) is 0 Å². The van der Waals surface area contributed by atoms with Gasteiger partial charge in [-0.3, -0.25) is 0 Å². The standard InChI is InChI=1S/C10H22ClNO/c1-4-10(2,9-11)12-7-5-6-8-13-3/h12H,4-9H2,1-3H3. The Bertz CT molecular complexity index is 115. The van der Waals surface area contributed by atoms with Crippen LogP contribution in [0.1, 0.15) is 33.1 Å². The van der Waals surface area contributed by atoms with E-state index in [-0.39, 0.29) is 5.54 Å². The summed E-state index contributed by atoms with van der Waals surface area (Å²) in [4.78, 5) is 0. The lowest BCUT2D eigenvalue weighted by atomic mass is 10.0. The first-order valence-corrected chi connectivity index (χ1v) is 5.52. The Morgan fingerprint density at radius 3 is 2.54 bits per heavy atom. The van der Waals surface area contributed by atoms with Crippen molar-refractivity contribution in [1.82, 2.24) is 5.32 Å². The molecule has 0 heterocycles. The molecule has 80 valence electrons. The molecule has 0 aromatic heterocycles. The summed E-state index contributed by atoms with van der Waals surface area (Å²) in [7, 11) is 1.74. The Kier molecular flexibility index (Phi) is 7.72. The first kappa shape index (κ1) is 13.2. The van der Waals surface area contributed by atoms with Crippen molar-refractivity contribution in [1.29, 1.82) is 0 Å². The van der Waals surface area contributed by atoms with Gasteiger partial charge >= 0.3 is 0 Å². The summed E-state index contributed by atoms with van der Waals surface area (Å²) in [6.45, 7) is 6.20. The van der Waals surface area contributed by atoms with Gasteiger partial charge in [-0.25, -0.2) is 0 Å². The van der Waals surface area contributed by atoms with Gasteiger partial charge in [0.15, 0.2) is 0 Å². The highest BCUT2D eigenvalue weighted by Crippen LogP contribution is 2.10. The molecule has 0 bridgehead atoms. The maximum atomic E-state index is 5.86. The fraction of sp³-hybridized carbons (Fsp3) is 1.00. The molecule has 0 aromatic carbocycles. The molecule has 1 unspecified atom stereocenters. The number of nitrogens with one attached hydrogen (secondary N) is 1. The van der Waals surface area contributed by atoms with Gasteiger partial charge in [0.05, 0.1) is 0 Å². The predicted octanol–water partition coefficient (Wildman–Crippen LogP) is 2.41. The molecular weight excluding hydrogens is 186 g/mol. The normalized spacial score (nSPS) is 15.7. The number of unbranched alkanes of at least 4 members (excludes halogenated alkanes) is 1. The second kappa shape index (κ2) is 7.60. The molecule has 2 nitrogen and oxygen atoms in total. The van der Waals surface area contributed by atoms with Crippen LogP contribution in [-0.4, -0.2) is 31.7 Å². The van der Waals surface area contributed by atoms with E-state index < -0.39 is 0 Å². The van der Waals surface area contributed by atoms with Gasteiger partial charge in [-0.1, -0.05) is 6.92 Å². The molecule has 0 aliphatic heterocycles. The van der Waals surface area contributed by atoms with Crippen LogP contribution < -0.4 is 5.32 Å². The largest absolute Gasteiger partial charge is 0.385 e. The maximum absolute atomic E-state index is 5.86. The molecule has 1 atom stereocenters. The van der Waals surface area contributed by atoms with Gasteiger partial charge in [0.2, 0.25) is 0 Å². The Hall–Kier alpha value is 0.210. The van der Waals surface area contributed by atoms with Crippen molar-refractivity contribution in [2.24, 2.45) is 0 Å². The van der Waals surface area contributed by atoms with Crippen molar-refractivity contribution in [3.8, 4) is 0 Å². The average molecular weight is 208 g/mol. The third-order valence-corrected chi connectivity index (χ3v) is 2.99. The molecule has 0 amide bonds. The van der Waals surface area contributed by atoms with E-state index in [1.165, 1.54) is 0 Å². The average Bonchev–Trinajstić information content (AvgIpc) is 2.17. The van der Waals surface area contributed by atoms with Gasteiger partial charge < -0.3 is 10.1 Å². The van der Waals surface area contributed by atoms with Crippen LogP contribution in [0.25, 0.3) is 0 Å². The monoisotopic (exact) mass is 207 g/mol. The van der Waals surface area contributed by atoms with Crippen molar-refractivity contribution in [2.75, 3.05) is 26.1 Å². The molecule has 0 aliphatic carbocycles. The van der Waals surface area contributed by atoms with Gasteiger partial charge in [-0.2, -0.15) is 0 Å². The third kappa shape index (κ3) is 6.30. The summed E-state index contributed by atoms with van der Waals surface area (Å²) >= 11 is 5.86. The summed E-state index contributed by atoms with van der Waals surface area (Å²) in [6, 6.07) is 0. The maximum Gasteiger partial charge on any atom is 0.0462 e. The van der Waals surface area contributed by atoms with E-state index in [2.05, 4.69) is 19.2 Å². The number of halogens is 1.